The van der Waals surface area contributed by atoms with Gasteiger partial charge < -0.3 is 9.80 Å². The summed E-state index contributed by atoms with van der Waals surface area (Å²) in [5, 5.41) is 0. The van der Waals surface area contributed by atoms with Gasteiger partial charge in [-0.3, -0.25) is 0 Å². The first kappa shape index (κ1) is 19.2. The van der Waals surface area contributed by atoms with Crippen LogP contribution < -0.4 is 9.80 Å². The summed E-state index contributed by atoms with van der Waals surface area (Å²) < 4.78 is 0. The van der Waals surface area contributed by atoms with Gasteiger partial charge in [-0.15, -0.1) is 0 Å². The van der Waals surface area contributed by atoms with E-state index in [1.54, 1.807) is 0 Å². The second kappa shape index (κ2) is 6.63. The Kier molecular flexibility index (Phi) is 4.25. The average Bonchev–Trinajstić information content (AvgIpc) is 3.11. The maximum absolute atomic E-state index is 2.57. The molecule has 30 heavy (non-hydrogen) atoms. The third kappa shape index (κ3) is 2.56. The van der Waals surface area contributed by atoms with E-state index in [4.69, 9.17) is 0 Å². The van der Waals surface area contributed by atoms with Crippen LogP contribution in [0.5, 0.6) is 0 Å². The van der Waals surface area contributed by atoms with E-state index >= 15 is 0 Å². The lowest BCUT2D eigenvalue weighted by molar-refractivity contribution is 0.629. The highest BCUT2D eigenvalue weighted by molar-refractivity contribution is 5.94. The SMILES string of the molecule is CC(C)c1cccc(C(C)C)c1N1CN2c3ccccc3C(C)(C)c3cccc1c32. The molecule has 0 radical (unpaired) electrons. The van der Waals surface area contributed by atoms with E-state index in [2.05, 4.69) is 112 Å². The van der Waals surface area contributed by atoms with Gasteiger partial charge in [0, 0.05) is 16.8 Å². The van der Waals surface area contributed by atoms with E-state index in [0.717, 1.165) is 6.67 Å². The molecule has 0 bridgehead atoms. The zero-order valence-corrected chi connectivity index (χ0v) is 19.0. The first-order valence-corrected chi connectivity index (χ1v) is 11.2. The Bertz CT molecular complexity index is 1100. The lowest BCUT2D eigenvalue weighted by Gasteiger charge is -2.39. The summed E-state index contributed by atoms with van der Waals surface area (Å²) in [6.07, 6.45) is 0. The number of nitrogens with zero attached hydrogens (tertiary/aromatic N) is 2. The minimum Gasteiger partial charge on any atom is -0.320 e. The summed E-state index contributed by atoms with van der Waals surface area (Å²) in [7, 11) is 0. The standard InChI is InChI=1S/C28H32N2/c1-18(2)20-11-9-12-21(19(3)4)26(20)30-17-29-24-15-8-7-13-22(24)28(5,6)23-14-10-16-25(30)27(23)29/h7-16,18-19H,17H2,1-6H3. The normalized spacial score (nSPS) is 16.3. The molecule has 0 aliphatic carbocycles. The van der Waals surface area contributed by atoms with E-state index in [9.17, 15) is 0 Å². The fourth-order valence-electron chi connectivity index (χ4n) is 5.42. The molecular formula is C28H32N2. The average molecular weight is 397 g/mol. The molecule has 0 saturated heterocycles. The number of hydrogen-bond donors (Lipinski definition) is 0. The van der Waals surface area contributed by atoms with E-state index in [1.807, 2.05) is 0 Å². The maximum atomic E-state index is 2.57. The van der Waals surface area contributed by atoms with Gasteiger partial charge in [-0.1, -0.05) is 90.1 Å². The predicted molar refractivity (Wildman–Crippen MR) is 129 cm³/mol. The van der Waals surface area contributed by atoms with Gasteiger partial charge in [0.1, 0.15) is 6.67 Å². The number of rotatable bonds is 3. The van der Waals surface area contributed by atoms with Gasteiger partial charge in [0.15, 0.2) is 0 Å². The first-order valence-electron chi connectivity index (χ1n) is 11.2. The smallest absolute Gasteiger partial charge is 0.100 e. The molecule has 0 spiro atoms. The molecule has 2 nitrogen and oxygen atoms in total. The minimum absolute atomic E-state index is 0.00705. The highest BCUT2D eigenvalue weighted by atomic mass is 15.4. The minimum atomic E-state index is -0.00705. The van der Waals surface area contributed by atoms with Crippen molar-refractivity contribution in [1.82, 2.24) is 0 Å². The molecule has 2 heterocycles. The molecule has 3 aromatic carbocycles. The van der Waals surface area contributed by atoms with Crippen molar-refractivity contribution in [3.8, 4) is 0 Å². The van der Waals surface area contributed by atoms with Crippen molar-refractivity contribution >= 4 is 22.7 Å². The molecule has 2 aliphatic rings. The maximum Gasteiger partial charge on any atom is 0.100 e. The molecule has 2 aliphatic heterocycles. The van der Waals surface area contributed by atoms with E-state index in [1.165, 1.54) is 45.0 Å². The zero-order chi connectivity index (χ0) is 21.2. The van der Waals surface area contributed by atoms with Crippen LogP contribution in [-0.2, 0) is 5.41 Å². The molecule has 2 heteroatoms. The van der Waals surface area contributed by atoms with Crippen LogP contribution in [0.25, 0.3) is 0 Å². The van der Waals surface area contributed by atoms with Crippen molar-refractivity contribution < 1.29 is 0 Å². The highest BCUT2D eigenvalue weighted by Crippen LogP contribution is 2.57. The lowest BCUT2D eigenvalue weighted by atomic mass is 9.74. The summed E-state index contributed by atoms with van der Waals surface area (Å²) in [5.74, 6) is 0.960. The molecule has 0 N–H and O–H groups in total. The van der Waals surface area contributed by atoms with Crippen molar-refractivity contribution in [1.29, 1.82) is 0 Å². The number of hydrogen-bond acceptors (Lipinski definition) is 2. The van der Waals surface area contributed by atoms with E-state index in [-0.39, 0.29) is 5.41 Å². The Hall–Kier alpha value is -2.74. The van der Waals surface area contributed by atoms with Crippen LogP contribution in [0.1, 0.15) is 75.6 Å². The lowest BCUT2D eigenvalue weighted by Crippen LogP contribution is -2.33. The second-order valence-corrected chi connectivity index (χ2v) is 9.91. The van der Waals surface area contributed by atoms with Crippen LogP contribution in [0, 0.1) is 0 Å². The Labute approximate surface area is 181 Å². The van der Waals surface area contributed by atoms with Gasteiger partial charge in [0.05, 0.1) is 11.4 Å². The summed E-state index contributed by atoms with van der Waals surface area (Å²) in [5.41, 5.74) is 11.2. The summed E-state index contributed by atoms with van der Waals surface area (Å²) in [4.78, 5) is 5.11. The predicted octanol–water partition coefficient (Wildman–Crippen LogP) is 7.82. The zero-order valence-electron chi connectivity index (χ0n) is 19.0. The third-order valence-corrected chi connectivity index (χ3v) is 7.01. The Morgan fingerprint density at radius 1 is 0.633 bits per heavy atom. The van der Waals surface area contributed by atoms with Crippen LogP contribution in [-0.4, -0.2) is 6.67 Å². The van der Waals surface area contributed by atoms with Gasteiger partial charge in [0.25, 0.3) is 0 Å². The van der Waals surface area contributed by atoms with Gasteiger partial charge in [-0.2, -0.15) is 0 Å². The third-order valence-electron chi connectivity index (χ3n) is 7.01. The van der Waals surface area contributed by atoms with Crippen molar-refractivity contribution in [3.63, 3.8) is 0 Å². The fraction of sp³-hybridized carbons (Fsp3) is 0.357. The van der Waals surface area contributed by atoms with Gasteiger partial charge in [-0.05, 0) is 46.2 Å². The second-order valence-electron chi connectivity index (χ2n) is 9.91. The Balaban J connectivity index is 1.78. The fourth-order valence-corrected chi connectivity index (χ4v) is 5.42. The number of fused-ring (bicyclic) bond motifs is 2. The van der Waals surface area contributed by atoms with Crippen molar-refractivity contribution in [2.45, 2.75) is 58.8 Å². The molecule has 0 fully saturated rings. The van der Waals surface area contributed by atoms with Gasteiger partial charge >= 0.3 is 0 Å². The summed E-state index contributed by atoms with van der Waals surface area (Å²) >= 11 is 0. The molecule has 0 atom stereocenters. The topological polar surface area (TPSA) is 6.48 Å². The van der Waals surface area contributed by atoms with Crippen molar-refractivity contribution in [2.75, 3.05) is 16.5 Å². The summed E-state index contributed by atoms with van der Waals surface area (Å²) in [6.45, 7) is 14.8. The van der Waals surface area contributed by atoms with Crippen LogP contribution in [0.3, 0.4) is 0 Å². The van der Waals surface area contributed by atoms with Crippen molar-refractivity contribution in [3.05, 3.63) is 82.9 Å². The Morgan fingerprint density at radius 2 is 1.17 bits per heavy atom. The number of benzene rings is 3. The van der Waals surface area contributed by atoms with Gasteiger partial charge in [0.2, 0.25) is 0 Å². The van der Waals surface area contributed by atoms with Crippen LogP contribution >= 0.6 is 0 Å². The first-order chi connectivity index (χ1) is 14.3. The summed E-state index contributed by atoms with van der Waals surface area (Å²) in [6, 6.07) is 22.7. The van der Waals surface area contributed by atoms with Crippen LogP contribution in [0.4, 0.5) is 22.7 Å². The van der Waals surface area contributed by atoms with E-state index < -0.39 is 0 Å². The highest BCUT2D eigenvalue weighted by Gasteiger charge is 2.42. The molecule has 154 valence electrons. The van der Waals surface area contributed by atoms with Crippen LogP contribution in [0.2, 0.25) is 0 Å². The quantitative estimate of drug-likeness (QED) is 0.445. The van der Waals surface area contributed by atoms with Crippen molar-refractivity contribution in [2.24, 2.45) is 0 Å². The molecule has 0 unspecified atom stereocenters. The molecule has 0 amide bonds. The monoisotopic (exact) mass is 396 g/mol. The Morgan fingerprint density at radius 3 is 1.83 bits per heavy atom. The largest absolute Gasteiger partial charge is 0.320 e. The van der Waals surface area contributed by atoms with E-state index in [0.29, 0.717) is 11.8 Å². The number of anilines is 4. The molecular weight excluding hydrogens is 364 g/mol. The molecule has 5 rings (SSSR count). The molecule has 0 aromatic heterocycles. The molecule has 3 aromatic rings. The number of para-hydroxylation sites is 3. The molecule has 0 saturated carbocycles. The van der Waals surface area contributed by atoms with Gasteiger partial charge in [-0.25, -0.2) is 0 Å². The van der Waals surface area contributed by atoms with Crippen LogP contribution in [0.15, 0.2) is 60.7 Å².